The average Bonchev–Trinajstić information content (AvgIpc) is 2.37. The molecule has 0 aromatic heterocycles. The van der Waals surface area contributed by atoms with Crippen LogP contribution in [0.25, 0.3) is 0 Å². The lowest BCUT2D eigenvalue weighted by Gasteiger charge is -2.30. The topological polar surface area (TPSA) is 81.7 Å². The molecule has 2 atom stereocenters. The third-order valence-corrected chi connectivity index (χ3v) is 3.82. The van der Waals surface area contributed by atoms with Crippen molar-refractivity contribution in [1.82, 2.24) is 15.5 Å². The molecule has 2 amide bonds. The van der Waals surface area contributed by atoms with E-state index in [-0.39, 0.29) is 18.0 Å². The summed E-state index contributed by atoms with van der Waals surface area (Å²) in [5, 5.41) is 14.5. The zero-order valence-electron chi connectivity index (χ0n) is 12.0. The molecule has 0 saturated carbocycles. The molecule has 0 aliphatic carbocycles. The van der Waals surface area contributed by atoms with Gasteiger partial charge in [0, 0.05) is 6.04 Å². The molecule has 1 aliphatic heterocycles. The van der Waals surface area contributed by atoms with Crippen molar-refractivity contribution in [3.63, 3.8) is 0 Å². The highest BCUT2D eigenvalue weighted by molar-refractivity contribution is 5.82. The van der Waals surface area contributed by atoms with Crippen LogP contribution < -0.4 is 10.6 Å². The minimum atomic E-state index is -0.979. The molecule has 0 bridgehead atoms. The number of carbonyl (C=O) groups is 2. The van der Waals surface area contributed by atoms with Crippen LogP contribution in [0.4, 0.5) is 4.79 Å². The summed E-state index contributed by atoms with van der Waals surface area (Å²) in [6.07, 6.45) is 2.53. The predicted molar refractivity (Wildman–Crippen MR) is 73.1 cm³/mol. The molecule has 0 radical (unpaired) electrons. The van der Waals surface area contributed by atoms with E-state index in [2.05, 4.69) is 22.6 Å². The first kappa shape index (κ1) is 15.8. The Morgan fingerprint density at radius 1 is 1.37 bits per heavy atom. The van der Waals surface area contributed by atoms with Crippen molar-refractivity contribution in [1.29, 1.82) is 0 Å². The number of carboxylic acid groups (broad SMARTS) is 1. The standard InChI is InChI=1S/C13H25N3O3/c1-4-9(2)11(12(17)18)15-13(19)14-10-5-7-16(3)8-6-10/h9-11H,4-8H2,1-3H3,(H,17,18)(H2,14,15,19)/t9?,11-/m0/s1. The zero-order chi connectivity index (χ0) is 14.4. The van der Waals surface area contributed by atoms with E-state index in [9.17, 15) is 9.59 Å². The molecule has 19 heavy (non-hydrogen) atoms. The fourth-order valence-corrected chi connectivity index (χ4v) is 2.20. The number of hydrogen-bond donors (Lipinski definition) is 3. The summed E-state index contributed by atoms with van der Waals surface area (Å²) in [4.78, 5) is 25.2. The van der Waals surface area contributed by atoms with Gasteiger partial charge in [-0.05, 0) is 38.9 Å². The summed E-state index contributed by atoms with van der Waals surface area (Å²) in [6.45, 7) is 5.66. The second kappa shape index (κ2) is 7.33. The van der Waals surface area contributed by atoms with Gasteiger partial charge >= 0.3 is 12.0 Å². The molecule has 1 heterocycles. The van der Waals surface area contributed by atoms with Gasteiger partial charge in [-0.3, -0.25) is 0 Å². The van der Waals surface area contributed by atoms with Crippen LogP contribution in [0.1, 0.15) is 33.1 Å². The number of carbonyl (C=O) groups excluding carboxylic acids is 1. The van der Waals surface area contributed by atoms with Crippen LogP contribution in [0.2, 0.25) is 0 Å². The molecule has 1 rings (SSSR count). The Morgan fingerprint density at radius 2 is 1.95 bits per heavy atom. The Labute approximate surface area is 114 Å². The smallest absolute Gasteiger partial charge is 0.326 e. The van der Waals surface area contributed by atoms with E-state index < -0.39 is 12.0 Å². The van der Waals surface area contributed by atoms with Gasteiger partial charge in [0.25, 0.3) is 0 Å². The van der Waals surface area contributed by atoms with Crippen molar-refractivity contribution in [3.05, 3.63) is 0 Å². The predicted octanol–water partition coefficient (Wildman–Crippen LogP) is 0.879. The minimum Gasteiger partial charge on any atom is -0.480 e. The van der Waals surface area contributed by atoms with E-state index in [1.807, 2.05) is 13.8 Å². The van der Waals surface area contributed by atoms with Crippen molar-refractivity contribution in [3.8, 4) is 0 Å². The number of nitrogens with zero attached hydrogens (tertiary/aromatic N) is 1. The van der Waals surface area contributed by atoms with Gasteiger partial charge in [0.1, 0.15) is 6.04 Å². The maximum Gasteiger partial charge on any atom is 0.326 e. The van der Waals surface area contributed by atoms with E-state index in [1.165, 1.54) is 0 Å². The van der Waals surface area contributed by atoms with Gasteiger partial charge in [0.15, 0.2) is 0 Å². The fraction of sp³-hybridized carbons (Fsp3) is 0.846. The summed E-state index contributed by atoms with van der Waals surface area (Å²) in [5.74, 6) is -1.06. The highest BCUT2D eigenvalue weighted by Crippen LogP contribution is 2.10. The Kier molecular flexibility index (Phi) is 6.08. The molecular formula is C13H25N3O3. The van der Waals surface area contributed by atoms with Gasteiger partial charge < -0.3 is 20.6 Å². The summed E-state index contributed by atoms with van der Waals surface area (Å²) >= 11 is 0. The molecule has 6 nitrogen and oxygen atoms in total. The van der Waals surface area contributed by atoms with E-state index in [0.717, 1.165) is 25.9 Å². The first-order chi connectivity index (χ1) is 8.93. The van der Waals surface area contributed by atoms with Crippen LogP contribution >= 0.6 is 0 Å². The van der Waals surface area contributed by atoms with Gasteiger partial charge in [0.2, 0.25) is 0 Å². The van der Waals surface area contributed by atoms with E-state index in [1.54, 1.807) is 0 Å². The zero-order valence-corrected chi connectivity index (χ0v) is 12.0. The lowest BCUT2D eigenvalue weighted by molar-refractivity contribution is -0.140. The number of amides is 2. The number of piperidine rings is 1. The van der Waals surface area contributed by atoms with E-state index in [0.29, 0.717) is 6.42 Å². The maximum absolute atomic E-state index is 11.8. The molecule has 0 spiro atoms. The second-order valence-corrected chi connectivity index (χ2v) is 5.40. The van der Waals surface area contributed by atoms with Gasteiger partial charge in [-0.1, -0.05) is 20.3 Å². The first-order valence-corrected chi connectivity index (χ1v) is 6.92. The quantitative estimate of drug-likeness (QED) is 0.693. The normalized spacial score (nSPS) is 20.6. The van der Waals surface area contributed by atoms with Crippen molar-refractivity contribution in [2.45, 2.75) is 45.2 Å². The van der Waals surface area contributed by atoms with Gasteiger partial charge in [-0.2, -0.15) is 0 Å². The molecule has 6 heteroatoms. The monoisotopic (exact) mass is 271 g/mol. The molecule has 1 aliphatic rings. The molecule has 1 saturated heterocycles. The Bertz CT molecular complexity index is 314. The maximum atomic E-state index is 11.8. The Morgan fingerprint density at radius 3 is 2.42 bits per heavy atom. The molecule has 3 N–H and O–H groups in total. The second-order valence-electron chi connectivity index (χ2n) is 5.40. The van der Waals surface area contributed by atoms with E-state index >= 15 is 0 Å². The first-order valence-electron chi connectivity index (χ1n) is 6.92. The fourth-order valence-electron chi connectivity index (χ4n) is 2.20. The average molecular weight is 271 g/mol. The van der Waals surface area contributed by atoms with Gasteiger partial charge in [-0.25, -0.2) is 9.59 Å². The Hall–Kier alpha value is -1.30. The van der Waals surface area contributed by atoms with Crippen LogP contribution in [0.5, 0.6) is 0 Å². The number of rotatable bonds is 5. The number of nitrogens with one attached hydrogen (secondary N) is 2. The molecular weight excluding hydrogens is 246 g/mol. The molecule has 1 unspecified atom stereocenters. The van der Waals surface area contributed by atoms with Crippen molar-refractivity contribution < 1.29 is 14.7 Å². The van der Waals surface area contributed by atoms with Crippen molar-refractivity contribution >= 4 is 12.0 Å². The highest BCUT2D eigenvalue weighted by atomic mass is 16.4. The third kappa shape index (κ3) is 5.06. The SMILES string of the molecule is CCC(C)[C@H](NC(=O)NC1CCN(C)CC1)C(=O)O. The molecule has 1 fully saturated rings. The highest BCUT2D eigenvalue weighted by Gasteiger charge is 2.26. The van der Waals surface area contributed by atoms with Crippen LogP contribution in [0, 0.1) is 5.92 Å². The number of carboxylic acids is 1. The van der Waals surface area contributed by atoms with Crippen LogP contribution in [0.15, 0.2) is 0 Å². The molecule has 110 valence electrons. The van der Waals surface area contributed by atoms with Gasteiger partial charge in [-0.15, -0.1) is 0 Å². The van der Waals surface area contributed by atoms with Crippen molar-refractivity contribution in [2.75, 3.05) is 20.1 Å². The molecule has 0 aromatic carbocycles. The van der Waals surface area contributed by atoms with Crippen LogP contribution in [0.3, 0.4) is 0 Å². The van der Waals surface area contributed by atoms with Crippen molar-refractivity contribution in [2.24, 2.45) is 5.92 Å². The lowest BCUT2D eigenvalue weighted by Crippen LogP contribution is -2.53. The number of hydrogen-bond acceptors (Lipinski definition) is 3. The number of urea groups is 1. The third-order valence-electron chi connectivity index (χ3n) is 3.82. The Balaban J connectivity index is 2.42. The number of aliphatic carboxylic acids is 1. The summed E-state index contributed by atoms with van der Waals surface area (Å²) in [6, 6.07) is -1.05. The van der Waals surface area contributed by atoms with E-state index in [4.69, 9.17) is 5.11 Å². The number of likely N-dealkylation sites (tertiary alicyclic amines) is 1. The molecule has 0 aromatic rings. The summed E-state index contributed by atoms with van der Waals surface area (Å²) in [5.41, 5.74) is 0. The largest absolute Gasteiger partial charge is 0.480 e. The van der Waals surface area contributed by atoms with Crippen LogP contribution in [-0.4, -0.2) is 54.2 Å². The van der Waals surface area contributed by atoms with Gasteiger partial charge in [0.05, 0.1) is 0 Å². The summed E-state index contributed by atoms with van der Waals surface area (Å²) in [7, 11) is 2.06. The van der Waals surface area contributed by atoms with Crippen LogP contribution in [-0.2, 0) is 4.79 Å². The minimum absolute atomic E-state index is 0.0826. The lowest BCUT2D eigenvalue weighted by atomic mass is 9.99. The summed E-state index contributed by atoms with van der Waals surface area (Å²) < 4.78 is 0.